The van der Waals surface area contributed by atoms with Crippen molar-refractivity contribution in [2.45, 2.75) is 59.0 Å². The van der Waals surface area contributed by atoms with E-state index in [1.807, 2.05) is 14.0 Å². The van der Waals surface area contributed by atoms with Gasteiger partial charge in [-0.15, -0.1) is 0 Å². The van der Waals surface area contributed by atoms with Crippen LogP contribution in [0.3, 0.4) is 0 Å². The number of hydrogen-bond acceptors (Lipinski definition) is 4. The zero-order chi connectivity index (χ0) is 15.6. The van der Waals surface area contributed by atoms with Crippen molar-refractivity contribution >= 4 is 28.4 Å². The number of rotatable bonds is 5. The summed E-state index contributed by atoms with van der Waals surface area (Å²) in [6.45, 7) is 13.3. The first kappa shape index (κ1) is 17.6. The van der Waals surface area contributed by atoms with Gasteiger partial charge in [-0.1, -0.05) is 27.7 Å². The lowest BCUT2D eigenvalue weighted by Crippen LogP contribution is -2.30. The molecule has 0 aromatic carbocycles. The molecule has 5 heteroatoms. The average molecular weight is 391 g/mol. The summed E-state index contributed by atoms with van der Waals surface area (Å²) >= 11 is 2.32. The fourth-order valence-corrected chi connectivity index (χ4v) is 3.31. The number of halogens is 1. The van der Waals surface area contributed by atoms with Crippen LogP contribution in [0.1, 0.15) is 59.5 Å². The minimum absolute atomic E-state index is 0.0271. The molecule has 0 saturated heterocycles. The van der Waals surface area contributed by atoms with E-state index in [4.69, 9.17) is 9.72 Å². The molecule has 4 nitrogen and oxygen atoms in total. The van der Waals surface area contributed by atoms with Crippen LogP contribution in [0.4, 0.5) is 5.82 Å². The Kier molecular flexibility index (Phi) is 5.78. The number of nitrogens with zero attached hydrogens (tertiary/aromatic N) is 2. The normalized spacial score (nSPS) is 15.0. The summed E-state index contributed by atoms with van der Waals surface area (Å²) in [7, 11) is 1.89. The molecule has 1 aromatic heterocycles. The smallest absolute Gasteiger partial charge is 0.162 e. The van der Waals surface area contributed by atoms with E-state index in [1.165, 1.54) is 0 Å². The van der Waals surface area contributed by atoms with Crippen molar-refractivity contribution in [1.82, 2.24) is 9.97 Å². The number of hydrogen-bond donors (Lipinski definition) is 1. The van der Waals surface area contributed by atoms with E-state index in [1.54, 1.807) is 0 Å². The molecule has 20 heavy (non-hydrogen) atoms. The summed E-state index contributed by atoms with van der Waals surface area (Å²) in [5, 5.41) is 3.17. The molecular formula is C15H26IN3O. The van der Waals surface area contributed by atoms with Crippen LogP contribution in [0, 0.1) is 3.57 Å². The Balaban J connectivity index is 3.49. The van der Waals surface area contributed by atoms with E-state index in [2.05, 4.69) is 67.5 Å². The van der Waals surface area contributed by atoms with Crippen molar-refractivity contribution in [1.29, 1.82) is 0 Å². The first-order chi connectivity index (χ1) is 9.19. The van der Waals surface area contributed by atoms with Crippen LogP contribution in [-0.2, 0) is 15.8 Å². The summed E-state index contributed by atoms with van der Waals surface area (Å²) < 4.78 is 7.00. The Morgan fingerprint density at radius 3 is 2.15 bits per heavy atom. The molecule has 0 aliphatic rings. The highest BCUT2D eigenvalue weighted by Gasteiger charge is 2.32. The highest BCUT2D eigenvalue weighted by atomic mass is 127. The van der Waals surface area contributed by atoms with Gasteiger partial charge >= 0.3 is 0 Å². The van der Waals surface area contributed by atoms with Crippen molar-refractivity contribution in [2.75, 3.05) is 19.0 Å². The Morgan fingerprint density at radius 1 is 1.15 bits per heavy atom. The van der Waals surface area contributed by atoms with E-state index in [-0.39, 0.29) is 5.41 Å². The molecule has 0 spiro atoms. The monoisotopic (exact) mass is 391 g/mol. The summed E-state index contributed by atoms with van der Waals surface area (Å²) in [5.74, 6) is 1.64. The molecule has 0 radical (unpaired) electrons. The van der Waals surface area contributed by atoms with Crippen molar-refractivity contribution in [2.24, 2.45) is 0 Å². The summed E-state index contributed by atoms with van der Waals surface area (Å²) in [4.78, 5) is 9.50. The Labute approximate surface area is 136 Å². The van der Waals surface area contributed by atoms with E-state index in [9.17, 15) is 0 Å². The zero-order valence-corrected chi connectivity index (χ0v) is 15.8. The van der Waals surface area contributed by atoms with Gasteiger partial charge in [0.15, 0.2) is 5.82 Å². The zero-order valence-electron chi connectivity index (χ0n) is 13.6. The van der Waals surface area contributed by atoms with Crippen LogP contribution in [-0.4, -0.2) is 23.6 Å². The quantitative estimate of drug-likeness (QED) is 0.769. The van der Waals surface area contributed by atoms with Crippen LogP contribution in [0.25, 0.3) is 0 Å². The lowest BCUT2D eigenvalue weighted by molar-refractivity contribution is -0.0392. The molecule has 1 aromatic rings. The van der Waals surface area contributed by atoms with Gasteiger partial charge in [0.2, 0.25) is 0 Å². The number of ether oxygens (including phenoxy) is 1. The van der Waals surface area contributed by atoms with Gasteiger partial charge in [-0.2, -0.15) is 0 Å². The lowest BCUT2D eigenvalue weighted by Gasteiger charge is -2.29. The minimum atomic E-state index is -0.440. The largest absolute Gasteiger partial charge is 0.372 e. The highest BCUT2D eigenvalue weighted by molar-refractivity contribution is 14.1. The van der Waals surface area contributed by atoms with E-state index >= 15 is 0 Å². The third-order valence-corrected chi connectivity index (χ3v) is 4.43. The first-order valence-corrected chi connectivity index (χ1v) is 8.17. The molecule has 0 aliphatic carbocycles. The van der Waals surface area contributed by atoms with Crippen LogP contribution in [0.15, 0.2) is 0 Å². The first-order valence-electron chi connectivity index (χ1n) is 7.09. The van der Waals surface area contributed by atoms with E-state index in [0.717, 1.165) is 27.3 Å². The topological polar surface area (TPSA) is 47.0 Å². The van der Waals surface area contributed by atoms with Crippen LogP contribution < -0.4 is 5.32 Å². The maximum atomic E-state index is 5.92. The molecule has 0 amide bonds. The second-order valence-electron chi connectivity index (χ2n) is 6.08. The highest BCUT2D eigenvalue weighted by Crippen LogP contribution is 2.33. The Morgan fingerprint density at radius 2 is 1.75 bits per heavy atom. The standard InChI is InChI=1S/C15H26IN3O/c1-8-15(6,20-9-2)13-18-11(14(3,4)5)10(16)12(17-7)19-13/h8-9H2,1-7H3,(H,17,18,19). The van der Waals surface area contributed by atoms with Crippen molar-refractivity contribution < 1.29 is 4.74 Å². The molecule has 1 N–H and O–H groups in total. The second kappa shape index (κ2) is 6.56. The molecule has 114 valence electrons. The molecule has 0 bridgehead atoms. The van der Waals surface area contributed by atoms with Crippen LogP contribution >= 0.6 is 22.6 Å². The van der Waals surface area contributed by atoms with Gasteiger partial charge in [0.05, 0.1) is 9.26 Å². The summed E-state index contributed by atoms with van der Waals surface area (Å²) in [6.07, 6.45) is 0.841. The maximum Gasteiger partial charge on any atom is 0.162 e. The predicted octanol–water partition coefficient (Wildman–Crippen LogP) is 4.08. The fraction of sp³-hybridized carbons (Fsp3) is 0.733. The van der Waals surface area contributed by atoms with Crippen LogP contribution in [0.5, 0.6) is 0 Å². The Hall–Kier alpha value is -0.430. The maximum absolute atomic E-state index is 5.92. The van der Waals surface area contributed by atoms with E-state index < -0.39 is 5.60 Å². The van der Waals surface area contributed by atoms with Crippen molar-refractivity contribution in [3.05, 3.63) is 15.1 Å². The molecule has 1 atom stereocenters. The predicted molar refractivity (Wildman–Crippen MR) is 92.3 cm³/mol. The third-order valence-electron chi connectivity index (χ3n) is 3.41. The van der Waals surface area contributed by atoms with Crippen molar-refractivity contribution in [3.8, 4) is 0 Å². The minimum Gasteiger partial charge on any atom is -0.372 e. The van der Waals surface area contributed by atoms with Gasteiger partial charge in [-0.05, 0) is 42.9 Å². The SMILES string of the molecule is CCOC(C)(CC)c1nc(NC)c(I)c(C(C)(C)C)n1. The molecule has 0 saturated carbocycles. The van der Waals surface area contributed by atoms with Crippen LogP contribution in [0.2, 0.25) is 0 Å². The fourth-order valence-electron chi connectivity index (χ4n) is 1.99. The van der Waals surface area contributed by atoms with Gasteiger partial charge in [0.1, 0.15) is 11.4 Å². The molecule has 0 fully saturated rings. The lowest BCUT2D eigenvalue weighted by atomic mass is 9.91. The van der Waals surface area contributed by atoms with Gasteiger partial charge in [-0.3, -0.25) is 0 Å². The Bertz CT molecular complexity index is 471. The van der Waals surface area contributed by atoms with Gasteiger partial charge < -0.3 is 10.1 Å². The summed E-state index contributed by atoms with van der Waals surface area (Å²) in [6, 6.07) is 0. The number of aromatic nitrogens is 2. The molecule has 1 unspecified atom stereocenters. The number of anilines is 1. The molecule has 0 aliphatic heterocycles. The van der Waals surface area contributed by atoms with Gasteiger partial charge in [0, 0.05) is 19.1 Å². The van der Waals surface area contributed by atoms with Gasteiger partial charge in [-0.25, -0.2) is 9.97 Å². The van der Waals surface area contributed by atoms with Crippen molar-refractivity contribution in [3.63, 3.8) is 0 Å². The molecule has 1 rings (SSSR count). The summed E-state index contributed by atoms with van der Waals surface area (Å²) in [5.41, 5.74) is 0.595. The number of nitrogens with one attached hydrogen (secondary N) is 1. The average Bonchev–Trinajstić information content (AvgIpc) is 2.37. The molecular weight excluding hydrogens is 365 g/mol. The van der Waals surface area contributed by atoms with Gasteiger partial charge in [0.25, 0.3) is 0 Å². The second-order valence-corrected chi connectivity index (χ2v) is 7.15. The third kappa shape index (κ3) is 3.61. The molecule has 1 heterocycles. The van der Waals surface area contributed by atoms with E-state index in [0.29, 0.717) is 6.61 Å².